The van der Waals surface area contributed by atoms with Crippen LogP contribution in [0.1, 0.15) is 16.6 Å². The van der Waals surface area contributed by atoms with Crippen molar-refractivity contribution < 1.29 is 13.2 Å². The molecule has 0 aromatic carbocycles. The number of rotatable bonds is 5. The average molecular weight is 289 g/mol. The molecule has 0 unspecified atom stereocenters. The van der Waals surface area contributed by atoms with Gasteiger partial charge in [0.1, 0.15) is 14.8 Å². The van der Waals surface area contributed by atoms with E-state index in [1.54, 1.807) is 6.92 Å². The first-order valence-corrected chi connectivity index (χ1v) is 7.65. The number of hydrogen-bond acceptors (Lipinski definition) is 6. The molecule has 1 rings (SSSR count). The molecule has 0 atom stereocenters. The molecule has 100 valence electrons. The van der Waals surface area contributed by atoms with Crippen molar-refractivity contribution in [1.29, 1.82) is 0 Å². The average Bonchev–Trinajstić information content (AvgIpc) is 2.51. The largest absolute Gasteiger partial charge is 0.396 e. The quantitative estimate of drug-likeness (QED) is 0.694. The lowest BCUT2D eigenvalue weighted by molar-refractivity contribution is 0.100. The predicted octanol–water partition coefficient (Wildman–Crippen LogP) is 0.821. The van der Waals surface area contributed by atoms with Gasteiger partial charge in [-0.3, -0.25) is 4.79 Å². The Hall–Kier alpha value is -1.54. The number of nitrogens with two attached hydrogens (primary N) is 2. The van der Waals surface area contributed by atoms with Gasteiger partial charge in [-0.15, -0.1) is 11.3 Å². The van der Waals surface area contributed by atoms with Gasteiger partial charge in [0.15, 0.2) is 9.84 Å². The van der Waals surface area contributed by atoms with E-state index in [0.717, 1.165) is 23.2 Å². The van der Waals surface area contributed by atoms with Gasteiger partial charge in [-0.25, -0.2) is 8.42 Å². The Morgan fingerprint density at radius 2 is 2.06 bits per heavy atom. The summed E-state index contributed by atoms with van der Waals surface area (Å²) in [4.78, 5) is 11.1. The van der Waals surface area contributed by atoms with Gasteiger partial charge in [0.25, 0.3) is 5.91 Å². The van der Waals surface area contributed by atoms with Crippen LogP contribution < -0.4 is 16.8 Å². The smallest absolute Gasteiger partial charge is 0.261 e. The van der Waals surface area contributed by atoms with Crippen LogP contribution in [-0.4, -0.2) is 27.1 Å². The number of carbonyl (C=O) groups is 1. The summed E-state index contributed by atoms with van der Waals surface area (Å²) in [6.07, 6.45) is 1.03. The Labute approximate surface area is 110 Å². The molecule has 0 saturated carbocycles. The summed E-state index contributed by atoms with van der Waals surface area (Å²) in [7, 11) is -3.54. The maximum atomic E-state index is 11.7. The Morgan fingerprint density at radius 3 is 2.44 bits per heavy atom. The summed E-state index contributed by atoms with van der Waals surface area (Å²) in [6.45, 7) is 5.88. The zero-order valence-corrected chi connectivity index (χ0v) is 11.7. The lowest BCUT2D eigenvalue weighted by Gasteiger charge is -2.06. The normalized spacial score (nSPS) is 11.2. The highest BCUT2D eigenvalue weighted by Gasteiger charge is 2.25. The molecular formula is C10H15N3O3S2. The number of anilines is 2. The fraction of sp³-hybridized carbons (Fsp3) is 0.300. The molecule has 5 N–H and O–H groups in total. The molecule has 0 saturated heterocycles. The Bertz CT molecular complexity index is 602. The molecule has 0 aliphatic carbocycles. The molecule has 1 amide bonds. The van der Waals surface area contributed by atoms with E-state index in [-0.39, 0.29) is 15.5 Å². The number of thiophene rings is 1. The summed E-state index contributed by atoms with van der Waals surface area (Å²) in [5.41, 5.74) is 11.5. The number of amides is 1. The maximum Gasteiger partial charge on any atom is 0.261 e. The van der Waals surface area contributed by atoms with Crippen molar-refractivity contribution in [3.05, 3.63) is 17.0 Å². The van der Waals surface area contributed by atoms with E-state index in [0.29, 0.717) is 11.5 Å². The lowest BCUT2D eigenvalue weighted by atomic mass is 10.3. The van der Waals surface area contributed by atoms with Gasteiger partial charge in [-0.05, 0) is 6.92 Å². The third-order valence-electron chi connectivity index (χ3n) is 2.04. The van der Waals surface area contributed by atoms with Crippen molar-refractivity contribution in [2.75, 3.05) is 23.9 Å². The number of nitrogen functional groups attached to an aromatic ring is 1. The molecule has 0 radical (unpaired) electrons. The first-order chi connectivity index (χ1) is 8.14. The van der Waals surface area contributed by atoms with Crippen LogP contribution in [-0.2, 0) is 9.84 Å². The Morgan fingerprint density at radius 1 is 1.50 bits per heavy atom. The van der Waals surface area contributed by atoms with E-state index in [4.69, 9.17) is 11.5 Å². The van der Waals surface area contributed by atoms with Gasteiger partial charge in [0.05, 0.1) is 5.69 Å². The first kappa shape index (κ1) is 14.5. The van der Waals surface area contributed by atoms with Crippen LogP contribution in [0.4, 0.5) is 10.7 Å². The molecule has 0 bridgehead atoms. The number of nitrogens with one attached hydrogen (secondary N) is 1. The second-order valence-electron chi connectivity index (χ2n) is 3.95. The Kier molecular flexibility index (Phi) is 4.02. The topological polar surface area (TPSA) is 115 Å². The molecule has 0 spiro atoms. The second kappa shape index (κ2) is 4.99. The highest BCUT2D eigenvalue weighted by atomic mass is 32.2. The summed E-state index contributed by atoms with van der Waals surface area (Å²) in [5.74, 6) is -0.745. The van der Waals surface area contributed by atoms with Crippen LogP contribution in [0, 0.1) is 0 Å². The molecule has 1 heterocycles. The number of primary amides is 1. The lowest BCUT2D eigenvalue weighted by Crippen LogP contribution is -2.12. The van der Waals surface area contributed by atoms with E-state index >= 15 is 0 Å². The van der Waals surface area contributed by atoms with Crippen LogP contribution in [0.3, 0.4) is 0 Å². The fourth-order valence-corrected chi connectivity index (χ4v) is 3.75. The molecule has 1 aromatic heterocycles. The Balaban J connectivity index is 3.36. The van der Waals surface area contributed by atoms with Crippen LogP contribution in [0.15, 0.2) is 17.0 Å². The molecule has 8 heteroatoms. The number of hydrogen-bond donors (Lipinski definition) is 3. The van der Waals surface area contributed by atoms with Crippen LogP contribution in [0.5, 0.6) is 0 Å². The zero-order chi connectivity index (χ0) is 14.1. The monoisotopic (exact) mass is 289 g/mol. The standard InChI is InChI=1S/C10H15N3O3S2/c1-5(2)4-13-10-8(18(3,15)16)6(11)7(17-10)9(12)14/h13H,1,4,11H2,2-3H3,(H2,12,14). The van der Waals surface area contributed by atoms with E-state index in [1.165, 1.54) is 0 Å². The molecule has 18 heavy (non-hydrogen) atoms. The van der Waals surface area contributed by atoms with Crippen molar-refractivity contribution >= 4 is 37.8 Å². The van der Waals surface area contributed by atoms with Crippen molar-refractivity contribution in [3.8, 4) is 0 Å². The van der Waals surface area contributed by atoms with E-state index in [1.807, 2.05) is 0 Å². The highest BCUT2D eigenvalue weighted by molar-refractivity contribution is 7.91. The third-order valence-corrected chi connectivity index (χ3v) is 4.52. The van der Waals surface area contributed by atoms with Crippen molar-refractivity contribution in [3.63, 3.8) is 0 Å². The summed E-state index contributed by atoms with van der Waals surface area (Å²) in [6, 6.07) is 0. The van der Waals surface area contributed by atoms with Crippen molar-refractivity contribution in [2.24, 2.45) is 5.73 Å². The minimum absolute atomic E-state index is 0.0413. The van der Waals surface area contributed by atoms with Gasteiger partial charge in [0.2, 0.25) is 0 Å². The third kappa shape index (κ3) is 3.02. The van der Waals surface area contributed by atoms with Gasteiger partial charge >= 0.3 is 0 Å². The van der Waals surface area contributed by atoms with Gasteiger partial charge in [-0.2, -0.15) is 0 Å². The maximum absolute atomic E-state index is 11.7. The number of carbonyl (C=O) groups excluding carboxylic acids is 1. The molecule has 1 aromatic rings. The van der Waals surface area contributed by atoms with Crippen LogP contribution >= 0.6 is 11.3 Å². The highest BCUT2D eigenvalue weighted by Crippen LogP contribution is 2.38. The minimum Gasteiger partial charge on any atom is -0.396 e. The van der Waals surface area contributed by atoms with Crippen LogP contribution in [0.25, 0.3) is 0 Å². The summed E-state index contributed by atoms with van der Waals surface area (Å²) >= 11 is 0.932. The molecule has 0 aliphatic heterocycles. The van der Waals surface area contributed by atoms with E-state index in [9.17, 15) is 13.2 Å². The fourth-order valence-electron chi connectivity index (χ4n) is 1.33. The van der Waals surface area contributed by atoms with Gasteiger partial charge in [0, 0.05) is 12.8 Å². The molecule has 0 aliphatic rings. The number of sulfone groups is 1. The zero-order valence-electron chi connectivity index (χ0n) is 10.1. The second-order valence-corrected chi connectivity index (χ2v) is 6.92. The van der Waals surface area contributed by atoms with E-state index in [2.05, 4.69) is 11.9 Å². The predicted molar refractivity (Wildman–Crippen MR) is 73.7 cm³/mol. The minimum atomic E-state index is -3.54. The van der Waals surface area contributed by atoms with E-state index < -0.39 is 15.7 Å². The summed E-state index contributed by atoms with van der Waals surface area (Å²) < 4.78 is 23.3. The van der Waals surface area contributed by atoms with Gasteiger partial charge < -0.3 is 16.8 Å². The molecule has 0 fully saturated rings. The SMILES string of the molecule is C=C(C)CNc1sc(C(N)=O)c(N)c1S(C)(=O)=O. The van der Waals surface area contributed by atoms with Crippen molar-refractivity contribution in [1.82, 2.24) is 0 Å². The molecular weight excluding hydrogens is 274 g/mol. The first-order valence-electron chi connectivity index (χ1n) is 4.95. The van der Waals surface area contributed by atoms with Crippen molar-refractivity contribution in [2.45, 2.75) is 11.8 Å². The van der Waals surface area contributed by atoms with Gasteiger partial charge in [-0.1, -0.05) is 12.2 Å². The molecule has 6 nitrogen and oxygen atoms in total. The van der Waals surface area contributed by atoms with Crippen LogP contribution in [0.2, 0.25) is 0 Å². The summed E-state index contributed by atoms with van der Waals surface area (Å²) in [5, 5.41) is 3.20.